The Morgan fingerprint density at radius 1 is 1.15 bits per heavy atom. The molecular formula is C18H14FN3O4S. The molecule has 0 bridgehead atoms. The number of nitrogens with zero attached hydrogens (tertiary/aromatic N) is 2. The maximum absolute atomic E-state index is 12.9. The summed E-state index contributed by atoms with van der Waals surface area (Å²) in [4.78, 5) is 12.0. The van der Waals surface area contributed by atoms with E-state index in [1.54, 1.807) is 6.07 Å². The third-order valence-corrected chi connectivity index (χ3v) is 4.48. The van der Waals surface area contributed by atoms with Crippen LogP contribution in [-0.2, 0) is 4.79 Å². The molecule has 0 fully saturated rings. The van der Waals surface area contributed by atoms with Gasteiger partial charge in [0.25, 0.3) is 11.1 Å². The van der Waals surface area contributed by atoms with Crippen LogP contribution in [0.3, 0.4) is 0 Å². The molecule has 0 aliphatic carbocycles. The Kier molecular flexibility index (Phi) is 4.93. The monoisotopic (exact) mass is 387 g/mol. The number of fused-ring (bicyclic) bond motifs is 1. The van der Waals surface area contributed by atoms with E-state index in [1.807, 2.05) is 18.2 Å². The summed E-state index contributed by atoms with van der Waals surface area (Å²) in [5, 5.41) is 10.8. The number of nitrogens with one attached hydrogen (secondary N) is 1. The number of rotatable bonds is 5. The fourth-order valence-corrected chi connectivity index (χ4v) is 2.98. The molecular weight excluding hydrogens is 373 g/mol. The second kappa shape index (κ2) is 7.67. The minimum absolute atomic E-state index is 0.0733. The number of hydrogen-bond donors (Lipinski definition) is 1. The highest BCUT2D eigenvalue weighted by Gasteiger charge is 2.27. The third-order valence-electron chi connectivity index (χ3n) is 3.66. The molecule has 1 aromatic heterocycles. The van der Waals surface area contributed by atoms with Crippen LogP contribution in [0.15, 0.2) is 58.2 Å². The van der Waals surface area contributed by atoms with E-state index in [9.17, 15) is 9.18 Å². The lowest BCUT2D eigenvalue weighted by molar-refractivity contribution is -0.113. The van der Waals surface area contributed by atoms with E-state index in [2.05, 4.69) is 15.5 Å². The highest BCUT2D eigenvalue weighted by molar-refractivity contribution is 7.99. The number of amides is 1. The summed E-state index contributed by atoms with van der Waals surface area (Å²) in [5.41, 5.74) is 0.514. The van der Waals surface area contributed by atoms with Crippen LogP contribution in [0.1, 0.15) is 12.0 Å². The third kappa shape index (κ3) is 4.20. The van der Waals surface area contributed by atoms with Gasteiger partial charge in [-0.2, -0.15) is 0 Å². The van der Waals surface area contributed by atoms with Gasteiger partial charge in [0.2, 0.25) is 12.0 Å². The van der Waals surface area contributed by atoms with Crippen molar-refractivity contribution in [2.45, 2.75) is 11.3 Å². The molecule has 0 spiro atoms. The summed E-state index contributed by atoms with van der Waals surface area (Å²) >= 11 is 1.10. The van der Waals surface area contributed by atoms with Crippen LogP contribution < -0.4 is 14.8 Å². The van der Waals surface area contributed by atoms with E-state index in [0.717, 1.165) is 11.8 Å². The number of halogens is 1. The molecule has 1 amide bonds. The summed E-state index contributed by atoms with van der Waals surface area (Å²) in [5.74, 6) is 1.00. The Morgan fingerprint density at radius 2 is 1.93 bits per heavy atom. The lowest BCUT2D eigenvalue weighted by Gasteiger charge is -2.23. The molecule has 0 radical (unpaired) electrons. The number of hydrogen-bond acceptors (Lipinski definition) is 7. The average molecular weight is 387 g/mol. The van der Waals surface area contributed by atoms with Gasteiger partial charge in [0.05, 0.1) is 5.75 Å². The molecule has 7 nitrogen and oxygen atoms in total. The average Bonchev–Trinajstić information content (AvgIpc) is 3.17. The highest BCUT2D eigenvalue weighted by Crippen LogP contribution is 2.35. The van der Waals surface area contributed by atoms with Gasteiger partial charge in [0, 0.05) is 5.69 Å². The summed E-state index contributed by atoms with van der Waals surface area (Å²) in [6, 6.07) is 12.9. The Bertz CT molecular complexity index is 948. The maximum Gasteiger partial charge on any atom is 0.277 e. The second-order valence-electron chi connectivity index (χ2n) is 5.61. The van der Waals surface area contributed by atoms with Crippen LogP contribution in [-0.4, -0.2) is 28.5 Å². The van der Waals surface area contributed by atoms with Crippen molar-refractivity contribution in [3.63, 3.8) is 0 Å². The number of ether oxygens (including phenoxy) is 2. The van der Waals surface area contributed by atoms with Gasteiger partial charge in [-0.25, -0.2) is 4.39 Å². The zero-order chi connectivity index (χ0) is 18.6. The summed E-state index contributed by atoms with van der Waals surface area (Å²) < 4.78 is 29.9. The molecule has 1 N–H and O–H groups in total. The van der Waals surface area contributed by atoms with Gasteiger partial charge in [-0.1, -0.05) is 23.9 Å². The van der Waals surface area contributed by atoms with Gasteiger partial charge >= 0.3 is 0 Å². The van der Waals surface area contributed by atoms with Gasteiger partial charge in [0.1, 0.15) is 12.4 Å². The van der Waals surface area contributed by atoms with Crippen LogP contribution in [0.25, 0.3) is 0 Å². The second-order valence-corrected chi connectivity index (χ2v) is 6.54. The van der Waals surface area contributed by atoms with Crippen LogP contribution in [0.5, 0.6) is 11.5 Å². The number of carbonyl (C=O) groups is 1. The summed E-state index contributed by atoms with van der Waals surface area (Å²) in [6.07, 6.45) is -0.505. The fraction of sp³-hybridized carbons (Fsp3) is 0.167. The number of benzene rings is 2. The van der Waals surface area contributed by atoms with Crippen LogP contribution >= 0.6 is 11.8 Å². The predicted octanol–water partition coefficient (Wildman–Crippen LogP) is 3.45. The molecule has 2 heterocycles. The fourth-order valence-electron chi connectivity index (χ4n) is 2.41. The Labute approximate surface area is 157 Å². The molecule has 3 aromatic rings. The van der Waals surface area contributed by atoms with Crippen molar-refractivity contribution in [3.05, 3.63) is 60.2 Å². The van der Waals surface area contributed by atoms with E-state index >= 15 is 0 Å². The van der Waals surface area contributed by atoms with E-state index in [4.69, 9.17) is 13.9 Å². The molecule has 27 heavy (non-hydrogen) atoms. The van der Waals surface area contributed by atoms with Gasteiger partial charge in [-0.15, -0.1) is 10.2 Å². The van der Waals surface area contributed by atoms with E-state index in [-0.39, 0.29) is 35.2 Å². The molecule has 1 aliphatic rings. The van der Waals surface area contributed by atoms with Crippen LogP contribution in [0.2, 0.25) is 0 Å². The number of para-hydroxylation sites is 2. The van der Waals surface area contributed by atoms with Crippen molar-refractivity contribution in [2.75, 3.05) is 17.7 Å². The number of thioether (sulfide) groups is 1. The topological polar surface area (TPSA) is 86.5 Å². The Morgan fingerprint density at radius 3 is 2.74 bits per heavy atom. The van der Waals surface area contributed by atoms with Crippen LogP contribution in [0.4, 0.5) is 10.1 Å². The Hall–Kier alpha value is -3.07. The molecule has 4 rings (SSSR count). The van der Waals surface area contributed by atoms with Crippen molar-refractivity contribution in [1.29, 1.82) is 0 Å². The smallest absolute Gasteiger partial charge is 0.277 e. The number of carbonyl (C=O) groups excluding carboxylic acids is 1. The molecule has 9 heteroatoms. The summed E-state index contributed by atoms with van der Waals surface area (Å²) in [7, 11) is 0. The van der Waals surface area contributed by atoms with Crippen molar-refractivity contribution in [3.8, 4) is 11.5 Å². The molecule has 1 atom stereocenters. The standard InChI is InChI=1S/C18H14FN3O4S/c19-11-5-7-12(8-6-11)20-16(23)10-27-18-22-21-17(26-18)15-9-24-13-3-1-2-4-14(13)25-15/h1-8,15H,9-10H2,(H,20,23). The Balaban J connectivity index is 1.32. The summed E-state index contributed by atoms with van der Waals surface area (Å²) in [6.45, 7) is 0.258. The quantitative estimate of drug-likeness (QED) is 0.671. The van der Waals surface area contributed by atoms with Crippen molar-refractivity contribution in [2.24, 2.45) is 0 Å². The predicted molar refractivity (Wildman–Crippen MR) is 95.4 cm³/mol. The van der Waals surface area contributed by atoms with Crippen molar-refractivity contribution >= 4 is 23.4 Å². The van der Waals surface area contributed by atoms with Gasteiger partial charge in [-0.3, -0.25) is 4.79 Å². The number of anilines is 1. The van der Waals surface area contributed by atoms with Gasteiger partial charge in [-0.05, 0) is 36.4 Å². The molecule has 2 aromatic carbocycles. The molecule has 1 aliphatic heterocycles. The molecule has 138 valence electrons. The first-order valence-electron chi connectivity index (χ1n) is 8.07. The van der Waals surface area contributed by atoms with Crippen molar-refractivity contribution < 1.29 is 23.1 Å². The van der Waals surface area contributed by atoms with E-state index < -0.39 is 6.10 Å². The molecule has 0 saturated carbocycles. The number of aromatic nitrogens is 2. The zero-order valence-corrected chi connectivity index (χ0v) is 14.7. The van der Waals surface area contributed by atoms with Crippen LogP contribution in [0, 0.1) is 5.82 Å². The first-order chi connectivity index (χ1) is 13.2. The largest absolute Gasteiger partial charge is 0.485 e. The van der Waals surface area contributed by atoms with Gasteiger partial charge in [0.15, 0.2) is 11.5 Å². The minimum Gasteiger partial charge on any atom is -0.485 e. The molecule has 0 saturated heterocycles. The zero-order valence-electron chi connectivity index (χ0n) is 13.9. The normalized spacial score (nSPS) is 15.4. The first-order valence-corrected chi connectivity index (χ1v) is 9.06. The lowest BCUT2D eigenvalue weighted by atomic mass is 10.2. The highest BCUT2D eigenvalue weighted by atomic mass is 32.2. The van der Waals surface area contributed by atoms with Crippen molar-refractivity contribution in [1.82, 2.24) is 10.2 Å². The van der Waals surface area contributed by atoms with Gasteiger partial charge < -0.3 is 19.2 Å². The first kappa shape index (κ1) is 17.3. The van der Waals surface area contributed by atoms with E-state index in [1.165, 1.54) is 24.3 Å². The van der Waals surface area contributed by atoms with E-state index in [0.29, 0.717) is 17.2 Å². The molecule has 1 unspecified atom stereocenters. The SMILES string of the molecule is O=C(CSc1nnc(C2COc3ccccc3O2)o1)Nc1ccc(F)cc1. The lowest BCUT2D eigenvalue weighted by Crippen LogP contribution is -2.21. The minimum atomic E-state index is -0.505. The maximum atomic E-state index is 12.9.